The van der Waals surface area contributed by atoms with Crippen LogP contribution in [0.4, 0.5) is 0 Å². The molecule has 6 rings (SSSR count). The molecule has 0 N–H and O–H groups in total. The quantitative estimate of drug-likeness (QED) is 0.250. The third-order valence-corrected chi connectivity index (χ3v) is 8.47. The van der Waals surface area contributed by atoms with Crippen LogP contribution in [-0.4, -0.2) is 38.7 Å². The smallest absolute Gasteiger partial charge is 0.199 e. The molecule has 3 heterocycles. The minimum atomic E-state index is -0.693. The predicted molar refractivity (Wildman–Crippen MR) is 158 cm³/mol. The van der Waals surface area contributed by atoms with Gasteiger partial charge in [0.2, 0.25) is 0 Å². The van der Waals surface area contributed by atoms with E-state index >= 15 is 0 Å². The molecule has 0 spiro atoms. The average Bonchev–Trinajstić information content (AvgIpc) is 3.03. The van der Waals surface area contributed by atoms with Crippen molar-refractivity contribution in [2.75, 3.05) is 19.8 Å². The van der Waals surface area contributed by atoms with Gasteiger partial charge in [-0.3, -0.25) is 0 Å². The maximum atomic E-state index is 6.60. The van der Waals surface area contributed by atoms with Crippen molar-refractivity contribution in [2.45, 2.75) is 89.0 Å². The average molecular weight is 559 g/mol. The standard InChI is InChI=1S/C35H42O6/c1-35(26-14-2-5-17-29(26)39-32-20-8-11-23-36-32,27-15-3-6-18-30(27)40-33-21-9-12-24-37-33)28-16-4-7-19-31(28)41-34-22-10-13-25-38-34/h2-7,14-19,32-34H,8-13,20-25H2,1H3. The van der Waals surface area contributed by atoms with Gasteiger partial charge in [0.15, 0.2) is 18.9 Å². The number of rotatable bonds is 9. The Morgan fingerprint density at radius 2 is 0.805 bits per heavy atom. The van der Waals surface area contributed by atoms with Crippen molar-refractivity contribution in [2.24, 2.45) is 0 Å². The van der Waals surface area contributed by atoms with Crippen molar-refractivity contribution in [3.05, 3.63) is 89.5 Å². The van der Waals surface area contributed by atoms with Gasteiger partial charge >= 0.3 is 0 Å². The number of para-hydroxylation sites is 3. The number of benzene rings is 3. The monoisotopic (exact) mass is 558 g/mol. The molecule has 0 radical (unpaired) electrons. The topological polar surface area (TPSA) is 55.4 Å². The van der Waals surface area contributed by atoms with Crippen LogP contribution in [0.15, 0.2) is 72.8 Å². The number of ether oxygens (including phenoxy) is 6. The molecule has 3 aromatic carbocycles. The summed E-state index contributed by atoms with van der Waals surface area (Å²) in [6.07, 6.45) is 8.34. The van der Waals surface area contributed by atoms with Crippen molar-refractivity contribution >= 4 is 0 Å². The largest absolute Gasteiger partial charge is 0.465 e. The molecule has 0 aromatic heterocycles. The lowest BCUT2D eigenvalue weighted by molar-refractivity contribution is -0.107. The Labute approximate surface area is 243 Å². The summed E-state index contributed by atoms with van der Waals surface area (Å²) < 4.78 is 37.8. The lowest BCUT2D eigenvalue weighted by atomic mass is 9.70. The molecule has 3 fully saturated rings. The fourth-order valence-corrected chi connectivity index (χ4v) is 6.22. The first kappa shape index (κ1) is 28.1. The molecule has 3 aliphatic heterocycles. The maximum absolute atomic E-state index is 6.60. The first-order chi connectivity index (χ1) is 20.2. The molecule has 0 bridgehead atoms. The lowest BCUT2D eigenvalue weighted by Crippen LogP contribution is -2.32. The van der Waals surface area contributed by atoms with Crippen LogP contribution >= 0.6 is 0 Å². The molecule has 3 aliphatic rings. The lowest BCUT2D eigenvalue weighted by Gasteiger charge is -2.37. The molecule has 0 amide bonds. The summed E-state index contributed by atoms with van der Waals surface area (Å²) in [7, 11) is 0. The Morgan fingerprint density at radius 1 is 0.488 bits per heavy atom. The SMILES string of the molecule is CC(c1ccccc1OC1CCCCO1)(c1ccccc1OC1CCCCO1)c1ccccc1OC1CCCCO1. The molecule has 6 nitrogen and oxygen atoms in total. The minimum Gasteiger partial charge on any atom is -0.465 e. The van der Waals surface area contributed by atoms with Gasteiger partial charge in [-0.05, 0) is 63.6 Å². The van der Waals surface area contributed by atoms with Crippen LogP contribution < -0.4 is 14.2 Å². The Bertz CT molecular complexity index is 1100. The van der Waals surface area contributed by atoms with Crippen molar-refractivity contribution in [1.29, 1.82) is 0 Å². The van der Waals surface area contributed by atoms with Gasteiger partial charge in [-0.25, -0.2) is 0 Å². The second kappa shape index (κ2) is 13.3. The highest BCUT2D eigenvalue weighted by Crippen LogP contribution is 2.49. The van der Waals surface area contributed by atoms with E-state index < -0.39 is 5.41 Å². The summed E-state index contributed by atoms with van der Waals surface area (Å²) in [5.41, 5.74) is 2.38. The van der Waals surface area contributed by atoms with Crippen molar-refractivity contribution < 1.29 is 28.4 Å². The Kier molecular flexibility index (Phi) is 9.10. The van der Waals surface area contributed by atoms with Crippen LogP contribution in [0.3, 0.4) is 0 Å². The molecular formula is C35H42O6. The Balaban J connectivity index is 1.47. The van der Waals surface area contributed by atoms with Gasteiger partial charge in [-0.2, -0.15) is 0 Å². The third kappa shape index (κ3) is 6.40. The van der Waals surface area contributed by atoms with Gasteiger partial charge in [-0.15, -0.1) is 0 Å². The minimum absolute atomic E-state index is 0.265. The summed E-state index contributed by atoms with van der Waals surface area (Å²) in [6, 6.07) is 24.9. The van der Waals surface area contributed by atoms with Gasteiger partial charge < -0.3 is 28.4 Å². The molecule has 3 aromatic rings. The molecule has 3 saturated heterocycles. The predicted octanol–water partition coefficient (Wildman–Crippen LogP) is 7.76. The highest BCUT2D eigenvalue weighted by atomic mass is 16.7. The fourth-order valence-electron chi connectivity index (χ4n) is 6.22. The van der Waals surface area contributed by atoms with Gasteiger partial charge in [-0.1, -0.05) is 54.6 Å². The zero-order valence-electron chi connectivity index (χ0n) is 24.1. The zero-order valence-corrected chi connectivity index (χ0v) is 24.1. The summed E-state index contributed by atoms with van der Waals surface area (Å²) >= 11 is 0. The van der Waals surface area contributed by atoms with Crippen LogP contribution in [0.2, 0.25) is 0 Å². The van der Waals surface area contributed by atoms with E-state index in [1.807, 2.05) is 36.4 Å². The summed E-state index contributed by atoms with van der Waals surface area (Å²) in [6.45, 7) is 4.41. The van der Waals surface area contributed by atoms with Crippen molar-refractivity contribution in [3.63, 3.8) is 0 Å². The van der Waals surface area contributed by atoms with Gasteiger partial charge in [0.1, 0.15) is 17.2 Å². The first-order valence-corrected chi connectivity index (χ1v) is 15.3. The molecule has 0 aliphatic carbocycles. The molecular weight excluding hydrogens is 516 g/mol. The molecule has 218 valence electrons. The Hall–Kier alpha value is -3.06. The van der Waals surface area contributed by atoms with Gasteiger partial charge in [0, 0.05) is 36.0 Å². The van der Waals surface area contributed by atoms with Crippen molar-refractivity contribution in [1.82, 2.24) is 0 Å². The maximum Gasteiger partial charge on any atom is 0.199 e. The van der Waals surface area contributed by atoms with Crippen LogP contribution in [-0.2, 0) is 19.6 Å². The van der Waals surface area contributed by atoms with Crippen LogP contribution in [0, 0.1) is 0 Å². The molecule has 41 heavy (non-hydrogen) atoms. The highest BCUT2D eigenvalue weighted by molar-refractivity contribution is 5.61. The first-order valence-electron chi connectivity index (χ1n) is 15.3. The summed E-state index contributed by atoms with van der Waals surface area (Å²) in [4.78, 5) is 0. The molecule has 3 unspecified atom stereocenters. The van der Waals surface area contributed by atoms with Crippen LogP contribution in [0.1, 0.15) is 81.4 Å². The zero-order chi connectivity index (χ0) is 27.9. The van der Waals surface area contributed by atoms with Crippen LogP contribution in [0.5, 0.6) is 17.2 Å². The van der Waals surface area contributed by atoms with E-state index in [-0.39, 0.29) is 18.9 Å². The van der Waals surface area contributed by atoms with E-state index in [9.17, 15) is 0 Å². The highest BCUT2D eigenvalue weighted by Gasteiger charge is 2.40. The van der Waals surface area contributed by atoms with E-state index in [0.717, 1.165) is 112 Å². The van der Waals surface area contributed by atoms with E-state index in [4.69, 9.17) is 28.4 Å². The third-order valence-electron chi connectivity index (χ3n) is 8.47. The Morgan fingerprint density at radius 3 is 1.10 bits per heavy atom. The van der Waals surface area contributed by atoms with E-state index in [0.29, 0.717) is 0 Å². The molecule has 0 saturated carbocycles. The number of hydrogen-bond acceptors (Lipinski definition) is 6. The van der Waals surface area contributed by atoms with Crippen LogP contribution in [0.25, 0.3) is 0 Å². The number of hydrogen-bond donors (Lipinski definition) is 0. The fraction of sp³-hybridized carbons (Fsp3) is 0.486. The van der Waals surface area contributed by atoms with Crippen molar-refractivity contribution in [3.8, 4) is 17.2 Å². The summed E-state index contributed by atoms with van der Waals surface area (Å²) in [5.74, 6) is 2.40. The summed E-state index contributed by atoms with van der Waals surface area (Å²) in [5, 5.41) is 0. The van der Waals surface area contributed by atoms with E-state index in [2.05, 4.69) is 43.3 Å². The molecule has 3 atom stereocenters. The van der Waals surface area contributed by atoms with Gasteiger partial charge in [0.25, 0.3) is 0 Å². The van der Waals surface area contributed by atoms with Gasteiger partial charge in [0.05, 0.1) is 25.2 Å². The second-order valence-electron chi connectivity index (χ2n) is 11.4. The molecule has 6 heteroatoms. The second-order valence-corrected chi connectivity index (χ2v) is 11.4. The van der Waals surface area contributed by atoms with E-state index in [1.54, 1.807) is 0 Å². The van der Waals surface area contributed by atoms with E-state index in [1.165, 1.54) is 0 Å². The normalized spacial score (nSPS) is 24.7.